The zero-order valence-corrected chi connectivity index (χ0v) is 11.1. The first-order valence-electron chi connectivity index (χ1n) is 5.96. The molecule has 0 bridgehead atoms. The number of aliphatic hydroxyl groups is 1. The number of carbonyl (C=O) groups excluding carboxylic acids is 1. The number of ether oxygens (including phenoxy) is 1. The molecule has 0 saturated carbocycles. The summed E-state index contributed by atoms with van der Waals surface area (Å²) < 4.78 is 5.25. The molecule has 0 aromatic carbocycles. The van der Waals surface area contributed by atoms with E-state index < -0.39 is 16.4 Å². The van der Waals surface area contributed by atoms with E-state index in [2.05, 4.69) is 0 Å². The van der Waals surface area contributed by atoms with Crippen molar-refractivity contribution in [2.75, 3.05) is 13.2 Å². The van der Waals surface area contributed by atoms with Gasteiger partial charge in [0.25, 0.3) is 0 Å². The Morgan fingerprint density at radius 3 is 1.94 bits per heavy atom. The van der Waals surface area contributed by atoms with E-state index in [-0.39, 0.29) is 5.78 Å². The molecule has 0 radical (unpaired) electrons. The Bertz CT molecular complexity index is 267. The van der Waals surface area contributed by atoms with E-state index in [0.29, 0.717) is 26.1 Å². The molecule has 3 heteroatoms. The molecule has 0 aromatic rings. The molecule has 16 heavy (non-hydrogen) atoms. The molecule has 1 fully saturated rings. The fourth-order valence-electron chi connectivity index (χ4n) is 2.48. The summed E-state index contributed by atoms with van der Waals surface area (Å²) >= 11 is 0. The minimum Gasteiger partial charge on any atom is -0.389 e. The molecule has 1 saturated heterocycles. The normalized spacial score (nSPS) is 21.9. The van der Waals surface area contributed by atoms with Gasteiger partial charge in [0, 0.05) is 31.5 Å². The van der Waals surface area contributed by atoms with Gasteiger partial charge in [-0.15, -0.1) is 0 Å². The summed E-state index contributed by atoms with van der Waals surface area (Å²) in [5.74, 6) is 0.115. The van der Waals surface area contributed by atoms with Gasteiger partial charge < -0.3 is 9.84 Å². The predicted octanol–water partition coefficient (Wildman–Crippen LogP) is 2.17. The van der Waals surface area contributed by atoms with E-state index in [0.717, 1.165) is 0 Å². The van der Waals surface area contributed by atoms with Crippen molar-refractivity contribution in [1.82, 2.24) is 0 Å². The van der Waals surface area contributed by atoms with Crippen LogP contribution in [-0.4, -0.2) is 29.7 Å². The summed E-state index contributed by atoms with van der Waals surface area (Å²) in [5, 5.41) is 10.6. The van der Waals surface area contributed by atoms with Gasteiger partial charge in [-0.3, -0.25) is 4.79 Å². The molecule has 0 unspecified atom stereocenters. The number of ketones is 1. The third kappa shape index (κ3) is 2.30. The minimum absolute atomic E-state index is 0.115. The summed E-state index contributed by atoms with van der Waals surface area (Å²) in [6, 6.07) is 0. The number of hydrogen-bond acceptors (Lipinski definition) is 3. The van der Waals surface area contributed by atoms with Gasteiger partial charge in [-0.05, 0) is 0 Å². The van der Waals surface area contributed by atoms with Crippen molar-refractivity contribution in [3.05, 3.63) is 0 Å². The third-order valence-electron chi connectivity index (χ3n) is 3.73. The van der Waals surface area contributed by atoms with Crippen LogP contribution in [0.4, 0.5) is 0 Å². The molecule has 3 nitrogen and oxygen atoms in total. The molecule has 0 aliphatic carbocycles. The first-order chi connectivity index (χ1) is 7.11. The third-order valence-corrected chi connectivity index (χ3v) is 3.73. The number of Topliss-reactive ketones (excluding diaryl/α,β-unsaturated/α-hetero) is 1. The van der Waals surface area contributed by atoms with Gasteiger partial charge in [0.1, 0.15) is 5.78 Å². The Balaban J connectivity index is 2.95. The fraction of sp³-hybridized carbons (Fsp3) is 0.923. The lowest BCUT2D eigenvalue weighted by Crippen LogP contribution is -2.55. The van der Waals surface area contributed by atoms with Crippen LogP contribution in [0.15, 0.2) is 0 Å². The van der Waals surface area contributed by atoms with E-state index in [9.17, 15) is 9.90 Å². The van der Waals surface area contributed by atoms with Crippen LogP contribution in [0.5, 0.6) is 0 Å². The zero-order valence-electron chi connectivity index (χ0n) is 11.1. The maximum atomic E-state index is 12.4. The Morgan fingerprint density at radius 1 is 1.12 bits per heavy atom. The monoisotopic (exact) mass is 228 g/mol. The van der Waals surface area contributed by atoms with Crippen molar-refractivity contribution in [3.8, 4) is 0 Å². The molecule has 0 atom stereocenters. The van der Waals surface area contributed by atoms with Crippen LogP contribution in [0.3, 0.4) is 0 Å². The fourth-order valence-corrected chi connectivity index (χ4v) is 2.48. The van der Waals surface area contributed by atoms with Crippen molar-refractivity contribution in [1.29, 1.82) is 0 Å². The van der Waals surface area contributed by atoms with Crippen LogP contribution < -0.4 is 0 Å². The lowest BCUT2D eigenvalue weighted by atomic mass is 9.63. The Labute approximate surface area is 98.2 Å². The number of carbonyl (C=O) groups is 1. The van der Waals surface area contributed by atoms with Crippen molar-refractivity contribution < 1.29 is 14.6 Å². The summed E-state index contributed by atoms with van der Waals surface area (Å²) in [6.45, 7) is 10.5. The Hall–Kier alpha value is -0.410. The lowest BCUT2D eigenvalue weighted by molar-refractivity contribution is -0.166. The molecule has 0 amide bonds. The highest BCUT2D eigenvalue weighted by molar-refractivity contribution is 5.89. The molecular formula is C13H24O3. The van der Waals surface area contributed by atoms with Gasteiger partial charge in [0.2, 0.25) is 0 Å². The van der Waals surface area contributed by atoms with E-state index >= 15 is 0 Å². The van der Waals surface area contributed by atoms with E-state index in [1.807, 2.05) is 34.6 Å². The smallest absolute Gasteiger partial charge is 0.146 e. The maximum absolute atomic E-state index is 12.4. The number of hydrogen-bond donors (Lipinski definition) is 1. The van der Waals surface area contributed by atoms with Crippen molar-refractivity contribution in [3.63, 3.8) is 0 Å². The average molecular weight is 228 g/mol. The van der Waals surface area contributed by atoms with Gasteiger partial charge in [0.15, 0.2) is 0 Å². The van der Waals surface area contributed by atoms with E-state index in [1.165, 1.54) is 0 Å². The molecule has 0 spiro atoms. The molecule has 1 heterocycles. The Morgan fingerprint density at radius 2 is 1.56 bits per heavy atom. The Kier molecular flexibility index (Phi) is 3.51. The second-order valence-corrected chi connectivity index (χ2v) is 6.35. The van der Waals surface area contributed by atoms with Crippen LogP contribution >= 0.6 is 0 Å². The van der Waals surface area contributed by atoms with E-state index in [1.54, 1.807) is 0 Å². The molecule has 0 aromatic heterocycles. The van der Waals surface area contributed by atoms with Gasteiger partial charge in [-0.25, -0.2) is 0 Å². The lowest BCUT2D eigenvalue weighted by Gasteiger charge is -2.46. The van der Waals surface area contributed by atoms with Crippen LogP contribution in [-0.2, 0) is 9.53 Å². The highest BCUT2D eigenvalue weighted by Crippen LogP contribution is 2.43. The van der Waals surface area contributed by atoms with E-state index in [4.69, 9.17) is 4.74 Å². The van der Waals surface area contributed by atoms with Crippen molar-refractivity contribution in [2.45, 2.75) is 53.1 Å². The molecule has 1 aliphatic heterocycles. The average Bonchev–Trinajstić information content (AvgIpc) is 2.16. The molecule has 1 N–H and O–H groups in total. The predicted molar refractivity (Wildman–Crippen MR) is 63.2 cm³/mol. The van der Waals surface area contributed by atoms with Crippen molar-refractivity contribution >= 4 is 5.78 Å². The van der Waals surface area contributed by atoms with Gasteiger partial charge in [-0.1, -0.05) is 34.6 Å². The van der Waals surface area contributed by atoms with Gasteiger partial charge in [-0.2, -0.15) is 0 Å². The molecule has 1 aliphatic rings. The van der Waals surface area contributed by atoms with Gasteiger partial charge >= 0.3 is 0 Å². The van der Waals surface area contributed by atoms with Crippen LogP contribution in [0.1, 0.15) is 47.5 Å². The summed E-state index contributed by atoms with van der Waals surface area (Å²) in [5.41, 5.74) is -2.05. The number of rotatable bonds is 2. The first-order valence-corrected chi connectivity index (χ1v) is 5.96. The highest BCUT2D eigenvalue weighted by Gasteiger charge is 2.51. The van der Waals surface area contributed by atoms with Gasteiger partial charge in [0.05, 0.1) is 11.0 Å². The van der Waals surface area contributed by atoms with Crippen molar-refractivity contribution in [2.24, 2.45) is 10.8 Å². The van der Waals surface area contributed by atoms with Crippen LogP contribution in [0.2, 0.25) is 0 Å². The summed E-state index contributed by atoms with van der Waals surface area (Å²) in [7, 11) is 0. The summed E-state index contributed by atoms with van der Waals surface area (Å²) in [4.78, 5) is 12.4. The van der Waals surface area contributed by atoms with Crippen LogP contribution in [0, 0.1) is 10.8 Å². The molecular weight excluding hydrogens is 204 g/mol. The topological polar surface area (TPSA) is 46.5 Å². The van der Waals surface area contributed by atoms with Crippen LogP contribution in [0.25, 0.3) is 0 Å². The second-order valence-electron chi connectivity index (χ2n) is 6.35. The second kappa shape index (κ2) is 4.11. The molecule has 94 valence electrons. The largest absolute Gasteiger partial charge is 0.389 e. The first kappa shape index (κ1) is 13.7. The minimum atomic E-state index is -0.921. The SMILES string of the molecule is CC(C)(C)C(=O)C(C)(C)C1(O)CCOCC1. The molecule has 1 rings (SSSR count). The summed E-state index contributed by atoms with van der Waals surface area (Å²) in [6.07, 6.45) is 1.09. The highest BCUT2D eigenvalue weighted by atomic mass is 16.5. The zero-order chi connectivity index (χ0) is 12.6. The quantitative estimate of drug-likeness (QED) is 0.788. The maximum Gasteiger partial charge on any atom is 0.146 e. The standard InChI is InChI=1S/C13H24O3/c1-11(2,3)10(14)12(4,5)13(15)6-8-16-9-7-13/h15H,6-9H2,1-5H3.